The van der Waals surface area contributed by atoms with E-state index in [1.165, 1.54) is 11.1 Å². The van der Waals surface area contributed by atoms with E-state index in [1.807, 2.05) is 0 Å². The van der Waals surface area contributed by atoms with Crippen LogP contribution >= 0.6 is 0 Å². The Kier molecular flexibility index (Phi) is 4.32. The molecule has 1 aliphatic heterocycles. The topological polar surface area (TPSA) is 0 Å². The van der Waals surface area contributed by atoms with Gasteiger partial charge >= 0.3 is 140 Å². The Bertz CT molecular complexity index is 726. The van der Waals surface area contributed by atoms with Crippen molar-refractivity contribution in [2.75, 3.05) is 0 Å². The fourth-order valence-electron chi connectivity index (χ4n) is 4.32. The monoisotopic (exact) mass is 530 g/mol. The van der Waals surface area contributed by atoms with Crippen LogP contribution in [0.1, 0.15) is 34.1 Å². The second-order valence-corrected chi connectivity index (χ2v) is 17.4. The van der Waals surface area contributed by atoms with E-state index in [0.29, 0.717) is 11.8 Å². The van der Waals surface area contributed by atoms with Crippen LogP contribution in [0.5, 0.6) is 0 Å². The second kappa shape index (κ2) is 6.29. The molecule has 0 saturated carbocycles. The molecule has 2 atom stereocenters. The predicted molar refractivity (Wildman–Crippen MR) is 89.8 cm³/mol. The standard InChI is InChI=1S/C19H15.C2H4.BrH.Hf/c1-3-7-18-14(5-1)9-11-16(18)13-17-12-10-15-6-2-4-8-19(15)17;1-2;;/h1-13,16-17H;1-2H2;1H;/q;;;+1/p-1. The predicted octanol–water partition coefficient (Wildman–Crippen LogP) is 2.87. The molecular formula is C21H19BrHf. The third kappa shape index (κ3) is 2.68. The molecule has 5 rings (SSSR count). The zero-order valence-electron chi connectivity index (χ0n) is 13.0. The molecular weight excluding hydrogens is 511 g/mol. The van der Waals surface area contributed by atoms with E-state index in [0.717, 1.165) is 3.67 Å². The first-order valence-corrected chi connectivity index (χ1v) is 15.5. The van der Waals surface area contributed by atoms with E-state index in [1.54, 1.807) is 19.5 Å². The first-order chi connectivity index (χ1) is 10.9. The molecule has 0 bridgehead atoms. The van der Waals surface area contributed by atoms with Gasteiger partial charge in [-0.1, -0.05) is 0 Å². The molecule has 0 amide bonds. The Morgan fingerprint density at radius 2 is 1.22 bits per heavy atom. The molecule has 114 valence electrons. The maximum atomic E-state index is 2.51. The van der Waals surface area contributed by atoms with Gasteiger partial charge in [-0.2, -0.15) is 0 Å². The average Bonchev–Trinajstić information content (AvgIpc) is 3.17. The largest absolute Gasteiger partial charge is 1.00 e. The fourth-order valence-corrected chi connectivity index (χ4v) is 17.2. The minimum Gasteiger partial charge on any atom is -1.00 e. The number of allylic oxidation sites excluding steroid dienone is 2. The molecule has 0 N–H and O–H groups in total. The van der Waals surface area contributed by atoms with Gasteiger partial charge in [0, 0.05) is 0 Å². The summed E-state index contributed by atoms with van der Waals surface area (Å²) in [4.78, 5) is 0. The molecule has 2 aromatic rings. The summed E-state index contributed by atoms with van der Waals surface area (Å²) in [6.07, 6.45) is 9.76. The number of rotatable bonds is 3. The van der Waals surface area contributed by atoms with Crippen molar-refractivity contribution in [1.82, 2.24) is 0 Å². The van der Waals surface area contributed by atoms with Crippen LogP contribution in [-0.4, -0.2) is 0 Å². The van der Waals surface area contributed by atoms with E-state index in [-0.39, 0.29) is 17.0 Å². The van der Waals surface area contributed by atoms with Crippen molar-refractivity contribution in [2.45, 2.75) is 23.9 Å². The molecule has 0 radical (unpaired) electrons. The Balaban J connectivity index is 0.00000135. The van der Waals surface area contributed by atoms with Crippen LogP contribution in [0, 0.1) is 0 Å². The number of halogens is 1. The number of fused-ring (bicyclic) bond motifs is 2. The first kappa shape index (κ1) is 15.8. The van der Waals surface area contributed by atoms with Gasteiger partial charge in [-0.3, -0.25) is 0 Å². The average molecular weight is 530 g/mol. The van der Waals surface area contributed by atoms with Crippen LogP contribution < -0.4 is 17.0 Å². The zero-order valence-corrected chi connectivity index (χ0v) is 18.1. The van der Waals surface area contributed by atoms with E-state index in [2.05, 4.69) is 72.8 Å². The van der Waals surface area contributed by atoms with Gasteiger partial charge in [0.25, 0.3) is 0 Å². The van der Waals surface area contributed by atoms with Gasteiger partial charge < -0.3 is 17.0 Å². The normalized spacial score (nSPS) is 24.1. The van der Waals surface area contributed by atoms with Crippen molar-refractivity contribution >= 4 is 12.2 Å². The molecule has 1 saturated heterocycles. The number of benzene rings is 2. The molecule has 2 aromatic carbocycles. The summed E-state index contributed by atoms with van der Waals surface area (Å²) in [5.41, 5.74) is 6.10. The fraction of sp³-hybridized carbons (Fsp3) is 0.238. The molecule has 3 aliphatic rings. The molecule has 1 fully saturated rings. The van der Waals surface area contributed by atoms with Crippen LogP contribution in [0.25, 0.3) is 12.2 Å². The molecule has 0 aromatic heterocycles. The smallest absolute Gasteiger partial charge is 1.00 e. The molecule has 0 nitrogen and oxygen atoms in total. The van der Waals surface area contributed by atoms with E-state index in [9.17, 15) is 0 Å². The summed E-state index contributed by atoms with van der Waals surface area (Å²) in [6, 6.07) is 18.1. The molecule has 23 heavy (non-hydrogen) atoms. The Morgan fingerprint density at radius 3 is 1.70 bits per heavy atom. The summed E-state index contributed by atoms with van der Waals surface area (Å²) < 4.78 is 4.17. The quantitative estimate of drug-likeness (QED) is 0.537. The van der Waals surface area contributed by atoms with Gasteiger partial charge in [0.2, 0.25) is 0 Å². The van der Waals surface area contributed by atoms with Crippen molar-refractivity contribution in [2.24, 2.45) is 0 Å². The third-order valence-electron chi connectivity index (χ3n) is 5.46. The van der Waals surface area contributed by atoms with Gasteiger partial charge in [0.05, 0.1) is 0 Å². The third-order valence-corrected chi connectivity index (χ3v) is 15.3. The van der Waals surface area contributed by atoms with E-state index < -0.39 is 21.4 Å². The maximum absolute atomic E-state index is 2.51. The van der Waals surface area contributed by atoms with E-state index >= 15 is 0 Å². The zero-order chi connectivity index (χ0) is 14.5. The number of hydrogen-bond donors (Lipinski definition) is 0. The van der Waals surface area contributed by atoms with Gasteiger partial charge in [-0.05, 0) is 0 Å². The van der Waals surface area contributed by atoms with Crippen LogP contribution in [0.2, 0.25) is 12.0 Å². The van der Waals surface area contributed by atoms with Crippen LogP contribution in [-0.2, 0) is 21.4 Å². The Morgan fingerprint density at radius 1 is 0.739 bits per heavy atom. The maximum Gasteiger partial charge on any atom is -1.00 e. The van der Waals surface area contributed by atoms with Gasteiger partial charge in [0.1, 0.15) is 0 Å². The minimum atomic E-state index is -1.34. The van der Waals surface area contributed by atoms with Crippen molar-refractivity contribution < 1.29 is 38.4 Å². The van der Waals surface area contributed by atoms with Crippen LogP contribution in [0.15, 0.2) is 60.7 Å². The van der Waals surface area contributed by atoms with E-state index in [4.69, 9.17) is 0 Å². The van der Waals surface area contributed by atoms with Crippen LogP contribution in [0.3, 0.4) is 0 Å². The molecule has 2 heteroatoms. The molecule has 2 unspecified atom stereocenters. The Hall–Kier alpha value is -0.730. The summed E-state index contributed by atoms with van der Waals surface area (Å²) in [5.74, 6) is 1.36. The number of hydrogen-bond acceptors (Lipinski definition) is 0. The Labute approximate surface area is 156 Å². The van der Waals surface area contributed by atoms with Gasteiger partial charge in [0.15, 0.2) is 0 Å². The summed E-state index contributed by atoms with van der Waals surface area (Å²) in [5, 5.41) is 0. The van der Waals surface area contributed by atoms with Crippen molar-refractivity contribution in [3.05, 3.63) is 82.9 Å². The first-order valence-electron chi connectivity index (χ1n) is 8.31. The molecule has 1 heterocycles. The molecule has 0 spiro atoms. The summed E-state index contributed by atoms with van der Waals surface area (Å²) >= 11 is -1.34. The summed E-state index contributed by atoms with van der Waals surface area (Å²) in [6.45, 7) is 0. The minimum absolute atomic E-state index is 0. The van der Waals surface area contributed by atoms with Crippen molar-refractivity contribution in [3.8, 4) is 0 Å². The van der Waals surface area contributed by atoms with Gasteiger partial charge in [-0.25, -0.2) is 0 Å². The molecule has 2 aliphatic carbocycles. The van der Waals surface area contributed by atoms with Crippen molar-refractivity contribution in [3.63, 3.8) is 0 Å². The van der Waals surface area contributed by atoms with Crippen LogP contribution in [0.4, 0.5) is 0 Å². The summed E-state index contributed by atoms with van der Waals surface area (Å²) in [7, 11) is 0. The second-order valence-electron chi connectivity index (χ2n) is 6.71. The van der Waals surface area contributed by atoms with Gasteiger partial charge in [-0.15, -0.1) is 0 Å². The van der Waals surface area contributed by atoms with Crippen molar-refractivity contribution in [1.29, 1.82) is 0 Å². The SMILES string of the molecule is C1=CC([CH](C2C=Cc3ccccc32)[Hf+]2[CH2][CH2]2)c2ccccc21.[Br-].